The molecule has 0 unspecified atom stereocenters. The highest BCUT2D eigenvalue weighted by molar-refractivity contribution is 6.11. The number of carbonyl (C=O) groups is 1. The number of aromatic nitrogens is 4. The predicted molar refractivity (Wildman–Crippen MR) is 118 cm³/mol. The molecule has 0 saturated heterocycles. The molecule has 7 nitrogen and oxygen atoms in total. The molecule has 0 radical (unpaired) electrons. The molecule has 0 fully saturated rings. The fourth-order valence-corrected chi connectivity index (χ4v) is 3.24. The van der Waals surface area contributed by atoms with Gasteiger partial charge in [0, 0.05) is 23.3 Å². The van der Waals surface area contributed by atoms with Crippen molar-refractivity contribution in [2.24, 2.45) is 0 Å². The minimum Gasteiger partial charge on any atom is -0.456 e. The third kappa shape index (κ3) is 3.97. The van der Waals surface area contributed by atoms with Gasteiger partial charge in [-0.2, -0.15) is 5.10 Å². The van der Waals surface area contributed by atoms with Crippen molar-refractivity contribution >= 4 is 22.6 Å². The minimum atomic E-state index is -0.332. The first-order valence-electron chi connectivity index (χ1n) is 9.65. The standard InChI is InChI=1S/C24H17N5O2/c30-24(27-22-8-4-5-11-26-22)23-20-13-16(9-10-21(20)28-29-23)17-12-19(15-25-14-17)31-18-6-2-1-3-7-18/h1-15H,(H,28,29)(H,26,27,30). The van der Waals surface area contributed by atoms with Crippen LogP contribution in [0, 0.1) is 0 Å². The molecule has 1 amide bonds. The number of nitrogens with zero attached hydrogens (tertiary/aromatic N) is 3. The number of benzene rings is 2. The molecule has 7 heteroatoms. The first-order chi connectivity index (χ1) is 15.3. The molecule has 5 rings (SSSR count). The first kappa shape index (κ1) is 18.5. The Balaban J connectivity index is 1.45. The second-order valence-corrected chi connectivity index (χ2v) is 6.83. The summed E-state index contributed by atoms with van der Waals surface area (Å²) in [7, 11) is 0. The zero-order valence-electron chi connectivity index (χ0n) is 16.3. The van der Waals surface area contributed by atoms with Gasteiger partial charge in [-0.1, -0.05) is 30.3 Å². The second-order valence-electron chi connectivity index (χ2n) is 6.83. The number of anilines is 1. The van der Waals surface area contributed by atoms with E-state index in [1.165, 1.54) is 0 Å². The van der Waals surface area contributed by atoms with Gasteiger partial charge in [-0.05, 0) is 48.0 Å². The number of nitrogens with one attached hydrogen (secondary N) is 2. The number of pyridine rings is 2. The van der Waals surface area contributed by atoms with Crippen molar-refractivity contribution in [1.29, 1.82) is 0 Å². The zero-order chi connectivity index (χ0) is 21.0. The van der Waals surface area contributed by atoms with E-state index in [9.17, 15) is 4.79 Å². The number of para-hydroxylation sites is 1. The summed E-state index contributed by atoms with van der Waals surface area (Å²) in [4.78, 5) is 21.2. The van der Waals surface area contributed by atoms with Gasteiger partial charge in [-0.3, -0.25) is 14.9 Å². The highest BCUT2D eigenvalue weighted by atomic mass is 16.5. The van der Waals surface area contributed by atoms with Crippen LogP contribution in [0.25, 0.3) is 22.0 Å². The molecule has 0 spiro atoms. The van der Waals surface area contributed by atoms with Gasteiger partial charge in [-0.15, -0.1) is 0 Å². The van der Waals surface area contributed by atoms with E-state index in [0.717, 1.165) is 22.4 Å². The second kappa shape index (κ2) is 8.08. The van der Waals surface area contributed by atoms with Crippen LogP contribution >= 0.6 is 0 Å². The van der Waals surface area contributed by atoms with Gasteiger partial charge >= 0.3 is 0 Å². The number of rotatable bonds is 5. The topological polar surface area (TPSA) is 92.8 Å². The summed E-state index contributed by atoms with van der Waals surface area (Å²) < 4.78 is 5.89. The number of fused-ring (bicyclic) bond motifs is 1. The molecule has 5 aromatic rings. The summed E-state index contributed by atoms with van der Waals surface area (Å²) >= 11 is 0. The van der Waals surface area contributed by atoms with Crippen molar-refractivity contribution in [3.05, 3.63) is 97.1 Å². The fourth-order valence-electron chi connectivity index (χ4n) is 3.24. The highest BCUT2D eigenvalue weighted by Gasteiger charge is 2.16. The Morgan fingerprint density at radius 2 is 1.74 bits per heavy atom. The van der Waals surface area contributed by atoms with Crippen LogP contribution in [0.3, 0.4) is 0 Å². The van der Waals surface area contributed by atoms with E-state index in [2.05, 4.69) is 25.5 Å². The summed E-state index contributed by atoms with van der Waals surface area (Å²) in [6, 6.07) is 22.5. The van der Waals surface area contributed by atoms with Gasteiger partial charge in [0.2, 0.25) is 0 Å². The highest BCUT2D eigenvalue weighted by Crippen LogP contribution is 2.29. The SMILES string of the molecule is O=C(Nc1ccccn1)c1n[nH]c2ccc(-c3cncc(Oc4ccccc4)c3)cc12. The summed E-state index contributed by atoms with van der Waals surface area (Å²) in [6.07, 6.45) is 5.04. The molecule has 3 aromatic heterocycles. The molecule has 2 N–H and O–H groups in total. The Kier molecular flexibility index (Phi) is 4.82. The van der Waals surface area contributed by atoms with Crippen LogP contribution in [0.2, 0.25) is 0 Å². The van der Waals surface area contributed by atoms with Crippen molar-refractivity contribution in [3.8, 4) is 22.6 Å². The number of hydrogen-bond donors (Lipinski definition) is 2. The summed E-state index contributed by atoms with van der Waals surface area (Å²) in [5, 5.41) is 10.6. The number of H-pyrrole nitrogens is 1. The Bertz CT molecular complexity index is 1350. The summed E-state index contributed by atoms with van der Waals surface area (Å²) in [5.74, 6) is 1.50. The lowest BCUT2D eigenvalue weighted by Crippen LogP contribution is -2.13. The lowest BCUT2D eigenvalue weighted by atomic mass is 10.0. The molecular formula is C24H17N5O2. The quantitative estimate of drug-likeness (QED) is 0.425. The van der Waals surface area contributed by atoms with Crippen molar-refractivity contribution in [1.82, 2.24) is 20.2 Å². The number of aromatic amines is 1. The van der Waals surface area contributed by atoms with Crippen molar-refractivity contribution in [3.63, 3.8) is 0 Å². The Hall–Kier alpha value is -4.52. The number of amides is 1. The molecular weight excluding hydrogens is 390 g/mol. The first-order valence-corrected chi connectivity index (χ1v) is 9.65. The van der Waals surface area contributed by atoms with E-state index >= 15 is 0 Å². The Labute approximate surface area is 177 Å². The van der Waals surface area contributed by atoms with Gasteiger partial charge in [0.1, 0.15) is 17.3 Å². The van der Waals surface area contributed by atoms with Crippen LogP contribution in [0.1, 0.15) is 10.5 Å². The molecule has 3 heterocycles. The van der Waals surface area contributed by atoms with Gasteiger partial charge in [0.05, 0.1) is 11.7 Å². The van der Waals surface area contributed by atoms with Gasteiger partial charge < -0.3 is 10.1 Å². The monoisotopic (exact) mass is 407 g/mol. The number of carbonyl (C=O) groups excluding carboxylic acids is 1. The minimum absolute atomic E-state index is 0.298. The lowest BCUT2D eigenvalue weighted by molar-refractivity contribution is 0.102. The molecule has 0 aliphatic rings. The van der Waals surface area contributed by atoms with Crippen molar-refractivity contribution < 1.29 is 9.53 Å². The van der Waals surface area contributed by atoms with Crippen molar-refractivity contribution in [2.75, 3.05) is 5.32 Å². The molecule has 0 saturated carbocycles. The summed E-state index contributed by atoms with van der Waals surface area (Å²) in [5.41, 5.74) is 2.83. The normalized spacial score (nSPS) is 10.7. The fraction of sp³-hybridized carbons (Fsp3) is 0. The van der Waals surface area contributed by atoms with E-state index < -0.39 is 0 Å². The zero-order valence-corrected chi connectivity index (χ0v) is 16.3. The van der Waals surface area contributed by atoms with Crippen LogP contribution < -0.4 is 10.1 Å². The predicted octanol–water partition coefficient (Wildman–Crippen LogP) is 5.06. The molecule has 0 aliphatic heterocycles. The van der Waals surface area contributed by atoms with E-state index in [4.69, 9.17) is 4.74 Å². The molecule has 0 aliphatic carbocycles. The summed E-state index contributed by atoms with van der Waals surface area (Å²) in [6.45, 7) is 0. The lowest BCUT2D eigenvalue weighted by Gasteiger charge is -2.08. The van der Waals surface area contributed by atoms with Crippen LogP contribution in [-0.2, 0) is 0 Å². The average Bonchev–Trinajstić information content (AvgIpc) is 3.24. The molecule has 2 aromatic carbocycles. The van der Waals surface area contributed by atoms with Crippen LogP contribution in [0.4, 0.5) is 5.82 Å². The largest absolute Gasteiger partial charge is 0.456 e. The third-order valence-electron chi connectivity index (χ3n) is 4.71. The maximum absolute atomic E-state index is 12.7. The Morgan fingerprint density at radius 3 is 2.58 bits per heavy atom. The number of hydrogen-bond acceptors (Lipinski definition) is 5. The van der Waals surface area contributed by atoms with E-state index in [0.29, 0.717) is 22.6 Å². The molecule has 0 bridgehead atoms. The van der Waals surface area contributed by atoms with Crippen LogP contribution in [0.15, 0.2) is 91.4 Å². The smallest absolute Gasteiger partial charge is 0.277 e. The van der Waals surface area contributed by atoms with Gasteiger partial charge in [0.25, 0.3) is 5.91 Å². The molecule has 0 atom stereocenters. The van der Waals surface area contributed by atoms with Gasteiger partial charge in [0.15, 0.2) is 5.69 Å². The Morgan fingerprint density at radius 1 is 0.871 bits per heavy atom. The average molecular weight is 407 g/mol. The maximum atomic E-state index is 12.7. The van der Waals surface area contributed by atoms with E-state index in [-0.39, 0.29) is 5.91 Å². The van der Waals surface area contributed by atoms with Gasteiger partial charge in [-0.25, -0.2) is 4.98 Å². The third-order valence-corrected chi connectivity index (χ3v) is 4.71. The maximum Gasteiger partial charge on any atom is 0.277 e. The van der Waals surface area contributed by atoms with Crippen molar-refractivity contribution in [2.45, 2.75) is 0 Å². The van der Waals surface area contributed by atoms with Crippen LogP contribution in [0.5, 0.6) is 11.5 Å². The number of ether oxygens (including phenoxy) is 1. The molecule has 150 valence electrons. The van der Waals surface area contributed by atoms with E-state index in [1.54, 1.807) is 36.8 Å². The molecule has 31 heavy (non-hydrogen) atoms. The van der Waals surface area contributed by atoms with Crippen LogP contribution in [-0.4, -0.2) is 26.1 Å². The van der Waals surface area contributed by atoms with E-state index in [1.807, 2.05) is 54.6 Å².